The highest BCUT2D eigenvalue weighted by Crippen LogP contribution is 2.14. The number of hydrogen-bond donors (Lipinski definition) is 1. The quantitative estimate of drug-likeness (QED) is 0.848. The molecule has 19 heavy (non-hydrogen) atoms. The molecule has 1 aromatic heterocycles. The van der Waals surface area contributed by atoms with Crippen molar-refractivity contribution in [1.29, 1.82) is 0 Å². The van der Waals surface area contributed by atoms with Crippen LogP contribution in [-0.2, 0) is 13.5 Å². The monoisotopic (exact) mass is 264 g/mol. The first kappa shape index (κ1) is 14.5. The summed E-state index contributed by atoms with van der Waals surface area (Å²) >= 11 is 0. The van der Waals surface area contributed by atoms with Crippen LogP contribution in [0.15, 0.2) is 12.4 Å². The van der Waals surface area contributed by atoms with E-state index in [-0.39, 0.29) is 0 Å². The van der Waals surface area contributed by atoms with Gasteiger partial charge in [0.1, 0.15) is 0 Å². The van der Waals surface area contributed by atoms with Crippen LogP contribution in [0, 0.1) is 5.92 Å². The molecule has 0 radical (unpaired) electrons. The fourth-order valence-electron chi connectivity index (χ4n) is 2.85. The van der Waals surface area contributed by atoms with Gasteiger partial charge in [0.25, 0.3) is 0 Å². The van der Waals surface area contributed by atoms with E-state index >= 15 is 0 Å². The summed E-state index contributed by atoms with van der Waals surface area (Å²) in [4.78, 5) is 2.62. The smallest absolute Gasteiger partial charge is 0.0522 e. The Hall–Kier alpha value is -0.870. The van der Waals surface area contributed by atoms with Gasteiger partial charge in [0.2, 0.25) is 0 Å². The molecule has 1 N–H and O–H groups in total. The lowest BCUT2D eigenvalue weighted by atomic mass is 9.98. The van der Waals surface area contributed by atoms with Gasteiger partial charge in [-0.1, -0.05) is 0 Å². The molecule has 1 saturated heterocycles. The molecule has 0 bridgehead atoms. The molecular weight excluding hydrogens is 236 g/mol. The average Bonchev–Trinajstić information content (AvgIpc) is 2.81. The van der Waals surface area contributed by atoms with Gasteiger partial charge in [0.05, 0.1) is 6.20 Å². The highest BCUT2D eigenvalue weighted by Gasteiger charge is 2.18. The largest absolute Gasteiger partial charge is 0.316 e. The number of piperidine rings is 1. The van der Waals surface area contributed by atoms with Crippen molar-refractivity contribution in [2.45, 2.75) is 39.2 Å². The molecular formula is C15H28N4. The van der Waals surface area contributed by atoms with Gasteiger partial charge in [0, 0.05) is 32.4 Å². The minimum absolute atomic E-state index is 0.624. The standard InChI is InChI=1S/C15H28N4/c1-13(2)19(12-14-5-4-7-16-9-14)8-6-15-10-17-18(3)11-15/h10-11,13-14,16H,4-9,12H2,1-3H3. The van der Waals surface area contributed by atoms with Gasteiger partial charge in [-0.2, -0.15) is 5.10 Å². The number of aromatic nitrogens is 2. The third-order valence-electron chi connectivity index (χ3n) is 4.07. The SMILES string of the molecule is CC(C)N(CCc1cnn(C)c1)CC1CCCNC1. The van der Waals surface area contributed by atoms with Crippen LogP contribution >= 0.6 is 0 Å². The highest BCUT2D eigenvalue weighted by molar-refractivity contribution is 5.04. The van der Waals surface area contributed by atoms with Crippen molar-refractivity contribution in [3.63, 3.8) is 0 Å². The van der Waals surface area contributed by atoms with Gasteiger partial charge in [-0.15, -0.1) is 0 Å². The summed E-state index contributed by atoms with van der Waals surface area (Å²) < 4.78 is 1.89. The number of hydrogen-bond acceptors (Lipinski definition) is 3. The molecule has 0 saturated carbocycles. The Bertz CT molecular complexity index is 366. The summed E-state index contributed by atoms with van der Waals surface area (Å²) in [5.41, 5.74) is 1.34. The molecule has 1 fully saturated rings. The van der Waals surface area contributed by atoms with Crippen molar-refractivity contribution < 1.29 is 0 Å². The molecule has 0 aliphatic carbocycles. The molecule has 4 heteroatoms. The zero-order valence-corrected chi connectivity index (χ0v) is 12.6. The Morgan fingerprint density at radius 2 is 2.37 bits per heavy atom. The first-order valence-electron chi connectivity index (χ1n) is 7.57. The van der Waals surface area contributed by atoms with E-state index in [0.29, 0.717) is 6.04 Å². The predicted molar refractivity (Wildman–Crippen MR) is 79.2 cm³/mol. The van der Waals surface area contributed by atoms with Crippen molar-refractivity contribution in [2.75, 3.05) is 26.2 Å². The number of nitrogens with zero attached hydrogens (tertiary/aromatic N) is 3. The van der Waals surface area contributed by atoms with E-state index in [4.69, 9.17) is 0 Å². The Morgan fingerprint density at radius 3 is 2.95 bits per heavy atom. The summed E-state index contributed by atoms with van der Waals surface area (Å²) in [6.07, 6.45) is 7.93. The second-order valence-electron chi connectivity index (χ2n) is 6.07. The Labute approximate surface area is 117 Å². The van der Waals surface area contributed by atoms with E-state index in [2.05, 4.69) is 35.4 Å². The number of rotatable bonds is 6. The van der Waals surface area contributed by atoms with Crippen molar-refractivity contribution in [3.05, 3.63) is 18.0 Å². The normalized spacial score (nSPS) is 20.4. The number of nitrogens with one attached hydrogen (secondary N) is 1. The van der Waals surface area contributed by atoms with Crippen molar-refractivity contribution in [3.8, 4) is 0 Å². The van der Waals surface area contributed by atoms with Crippen LogP contribution in [0.3, 0.4) is 0 Å². The fourth-order valence-corrected chi connectivity index (χ4v) is 2.85. The summed E-state index contributed by atoms with van der Waals surface area (Å²) in [7, 11) is 1.98. The molecule has 1 aliphatic rings. The molecule has 2 heterocycles. The van der Waals surface area contributed by atoms with Crippen LogP contribution in [0.2, 0.25) is 0 Å². The Morgan fingerprint density at radius 1 is 1.53 bits per heavy atom. The van der Waals surface area contributed by atoms with Crippen LogP contribution in [-0.4, -0.2) is 46.9 Å². The number of aryl methyl sites for hydroxylation is 1. The van der Waals surface area contributed by atoms with Crippen LogP contribution in [0.1, 0.15) is 32.3 Å². The minimum Gasteiger partial charge on any atom is -0.316 e. The first-order valence-corrected chi connectivity index (χ1v) is 7.57. The molecule has 108 valence electrons. The third kappa shape index (κ3) is 4.62. The zero-order chi connectivity index (χ0) is 13.7. The van der Waals surface area contributed by atoms with Crippen LogP contribution in [0.4, 0.5) is 0 Å². The van der Waals surface area contributed by atoms with Crippen molar-refractivity contribution >= 4 is 0 Å². The van der Waals surface area contributed by atoms with E-state index in [0.717, 1.165) is 18.9 Å². The van der Waals surface area contributed by atoms with Gasteiger partial charge in [-0.25, -0.2) is 0 Å². The maximum Gasteiger partial charge on any atom is 0.0522 e. The van der Waals surface area contributed by atoms with E-state index in [1.807, 2.05) is 17.9 Å². The Kier molecular flexibility index (Phi) is 5.40. The van der Waals surface area contributed by atoms with Crippen LogP contribution in [0.5, 0.6) is 0 Å². The lowest BCUT2D eigenvalue weighted by molar-refractivity contribution is 0.173. The van der Waals surface area contributed by atoms with Gasteiger partial charge < -0.3 is 10.2 Å². The highest BCUT2D eigenvalue weighted by atomic mass is 15.2. The van der Waals surface area contributed by atoms with Crippen LogP contribution < -0.4 is 5.32 Å². The van der Waals surface area contributed by atoms with E-state index < -0.39 is 0 Å². The zero-order valence-electron chi connectivity index (χ0n) is 12.6. The van der Waals surface area contributed by atoms with E-state index in [1.54, 1.807) is 0 Å². The molecule has 2 rings (SSSR count). The summed E-state index contributed by atoms with van der Waals surface area (Å²) in [6.45, 7) is 9.37. The molecule has 1 atom stereocenters. The minimum atomic E-state index is 0.624. The lowest BCUT2D eigenvalue weighted by Gasteiger charge is -2.32. The lowest BCUT2D eigenvalue weighted by Crippen LogP contribution is -2.42. The molecule has 0 aromatic carbocycles. The molecule has 0 spiro atoms. The van der Waals surface area contributed by atoms with Gasteiger partial charge in [-0.3, -0.25) is 4.68 Å². The fraction of sp³-hybridized carbons (Fsp3) is 0.800. The first-order chi connectivity index (χ1) is 9.15. The molecule has 4 nitrogen and oxygen atoms in total. The second kappa shape index (κ2) is 7.06. The predicted octanol–water partition coefficient (Wildman–Crippen LogP) is 1.67. The molecule has 1 aromatic rings. The van der Waals surface area contributed by atoms with E-state index in [9.17, 15) is 0 Å². The van der Waals surface area contributed by atoms with Gasteiger partial charge >= 0.3 is 0 Å². The summed E-state index contributed by atoms with van der Waals surface area (Å²) in [6, 6.07) is 0.624. The Balaban J connectivity index is 1.81. The maximum absolute atomic E-state index is 4.24. The summed E-state index contributed by atoms with van der Waals surface area (Å²) in [5.74, 6) is 0.824. The van der Waals surface area contributed by atoms with Gasteiger partial charge in [-0.05, 0) is 57.7 Å². The maximum atomic E-state index is 4.24. The summed E-state index contributed by atoms with van der Waals surface area (Å²) in [5, 5.41) is 7.76. The van der Waals surface area contributed by atoms with Crippen molar-refractivity contribution in [2.24, 2.45) is 13.0 Å². The van der Waals surface area contributed by atoms with Gasteiger partial charge in [0.15, 0.2) is 0 Å². The average molecular weight is 264 g/mol. The topological polar surface area (TPSA) is 33.1 Å². The second-order valence-corrected chi connectivity index (χ2v) is 6.07. The molecule has 1 aliphatic heterocycles. The van der Waals surface area contributed by atoms with Crippen molar-refractivity contribution in [1.82, 2.24) is 20.0 Å². The third-order valence-corrected chi connectivity index (χ3v) is 4.07. The van der Waals surface area contributed by atoms with Crippen LogP contribution in [0.25, 0.3) is 0 Å². The van der Waals surface area contributed by atoms with E-state index in [1.165, 1.54) is 38.0 Å². The molecule has 1 unspecified atom stereocenters. The molecule has 0 amide bonds.